The van der Waals surface area contributed by atoms with Crippen LogP contribution in [0.4, 0.5) is 26.3 Å². The van der Waals surface area contributed by atoms with Gasteiger partial charge in [-0.3, -0.25) is 9.69 Å². The highest BCUT2D eigenvalue weighted by molar-refractivity contribution is 5.72. The summed E-state index contributed by atoms with van der Waals surface area (Å²) in [6.45, 7) is 2.02. The van der Waals surface area contributed by atoms with Gasteiger partial charge in [-0.1, -0.05) is 19.1 Å². The minimum absolute atomic E-state index is 0.269. The zero-order valence-corrected chi connectivity index (χ0v) is 18.0. The van der Waals surface area contributed by atoms with Crippen LogP contribution in [0.25, 0.3) is 0 Å². The lowest BCUT2D eigenvalue weighted by atomic mass is 10.0. The summed E-state index contributed by atoms with van der Waals surface area (Å²) in [6, 6.07) is 8.59. The molecule has 0 aliphatic carbocycles. The zero-order chi connectivity index (χ0) is 24.4. The van der Waals surface area contributed by atoms with Gasteiger partial charge in [0.05, 0.1) is 24.2 Å². The van der Waals surface area contributed by atoms with Gasteiger partial charge in [0.1, 0.15) is 11.9 Å². The molecule has 1 heterocycles. The van der Waals surface area contributed by atoms with Gasteiger partial charge in [-0.25, -0.2) is 0 Å². The van der Waals surface area contributed by atoms with Crippen molar-refractivity contribution in [1.29, 1.82) is 0 Å². The van der Waals surface area contributed by atoms with Crippen molar-refractivity contribution < 1.29 is 40.6 Å². The molecule has 2 aromatic rings. The third-order valence-electron chi connectivity index (χ3n) is 5.40. The van der Waals surface area contributed by atoms with Gasteiger partial charge in [0.15, 0.2) is 0 Å². The van der Waals surface area contributed by atoms with E-state index in [-0.39, 0.29) is 37.6 Å². The van der Waals surface area contributed by atoms with Crippen molar-refractivity contribution in [2.24, 2.45) is 5.92 Å². The van der Waals surface area contributed by atoms with E-state index in [0.717, 1.165) is 5.56 Å². The number of benzene rings is 2. The molecule has 0 N–H and O–H groups in total. The van der Waals surface area contributed by atoms with Crippen LogP contribution < -0.4 is 4.74 Å². The second kappa shape index (κ2) is 9.62. The second-order valence-electron chi connectivity index (χ2n) is 8.08. The van der Waals surface area contributed by atoms with Crippen LogP contribution in [-0.2, 0) is 34.8 Å². The Labute approximate surface area is 187 Å². The van der Waals surface area contributed by atoms with Crippen molar-refractivity contribution in [1.82, 2.24) is 4.90 Å². The van der Waals surface area contributed by atoms with Crippen LogP contribution in [0.2, 0.25) is 0 Å². The van der Waals surface area contributed by atoms with E-state index in [2.05, 4.69) is 0 Å². The van der Waals surface area contributed by atoms with Crippen LogP contribution >= 0.6 is 0 Å². The number of halogens is 6. The van der Waals surface area contributed by atoms with E-state index in [9.17, 15) is 31.1 Å². The quantitative estimate of drug-likeness (QED) is 0.401. The number of methoxy groups -OCH3 is 1. The van der Waals surface area contributed by atoms with E-state index < -0.39 is 29.0 Å². The molecule has 10 heteroatoms. The molecule has 0 bridgehead atoms. The number of rotatable bonds is 7. The molecule has 0 spiro atoms. The highest BCUT2D eigenvalue weighted by Crippen LogP contribution is 2.37. The van der Waals surface area contributed by atoms with Gasteiger partial charge in [0.2, 0.25) is 0 Å². The maximum atomic E-state index is 13.3. The highest BCUT2D eigenvalue weighted by atomic mass is 19.4. The summed E-state index contributed by atoms with van der Waals surface area (Å²) < 4.78 is 89.2. The predicted octanol–water partition coefficient (Wildman–Crippen LogP) is 5.34. The maximum Gasteiger partial charge on any atom is 0.416 e. The number of carbonyl (C=O) groups is 1. The summed E-state index contributed by atoms with van der Waals surface area (Å²) in [5.74, 6) is -0.118. The molecule has 1 aliphatic heterocycles. The fraction of sp³-hybridized carbons (Fsp3) is 0.435. The standard InChI is InChI=1S/C23H23F6NO3/c1-14(21(31)32-2)8-15-4-3-5-18(9-15)33-19-12-30(13-19)11-16-10-17(22(24,25)26)6-7-20(16)23(27,28)29/h3-7,9-10,14,19H,8,11-13H2,1-2H3. The van der Waals surface area contributed by atoms with Crippen molar-refractivity contribution in [3.63, 3.8) is 0 Å². The zero-order valence-electron chi connectivity index (χ0n) is 18.0. The molecule has 0 radical (unpaired) electrons. The molecule has 1 fully saturated rings. The van der Waals surface area contributed by atoms with Gasteiger partial charge in [-0.2, -0.15) is 26.3 Å². The number of alkyl halides is 6. The topological polar surface area (TPSA) is 38.8 Å². The SMILES string of the molecule is COC(=O)C(C)Cc1cccc(OC2CN(Cc3cc(C(F)(F)F)ccc3C(F)(F)F)C2)c1. The van der Waals surface area contributed by atoms with E-state index >= 15 is 0 Å². The molecule has 0 aromatic heterocycles. The minimum atomic E-state index is -4.75. The number of likely N-dealkylation sites (tertiary alicyclic amines) is 1. The lowest BCUT2D eigenvalue weighted by molar-refractivity contribution is -0.144. The van der Waals surface area contributed by atoms with Crippen LogP contribution in [-0.4, -0.2) is 37.2 Å². The Hall–Kier alpha value is -2.75. The number of carbonyl (C=O) groups excluding carboxylic acids is 1. The Balaban J connectivity index is 1.61. The molecule has 1 saturated heterocycles. The third-order valence-corrected chi connectivity index (χ3v) is 5.40. The smallest absolute Gasteiger partial charge is 0.416 e. The fourth-order valence-electron chi connectivity index (χ4n) is 3.72. The summed E-state index contributed by atoms with van der Waals surface area (Å²) in [5, 5.41) is 0. The highest BCUT2D eigenvalue weighted by Gasteiger charge is 2.38. The molecular formula is C23H23F6NO3. The summed E-state index contributed by atoms with van der Waals surface area (Å²) in [5.41, 5.74) is -1.75. The Morgan fingerprint density at radius 1 is 1.06 bits per heavy atom. The third kappa shape index (κ3) is 6.40. The predicted molar refractivity (Wildman–Crippen MR) is 107 cm³/mol. The van der Waals surface area contributed by atoms with Gasteiger partial charge in [-0.05, 0) is 47.9 Å². The molecule has 33 heavy (non-hydrogen) atoms. The summed E-state index contributed by atoms with van der Waals surface area (Å²) in [7, 11) is 1.32. The van der Waals surface area contributed by atoms with Crippen molar-refractivity contribution in [3.05, 3.63) is 64.7 Å². The maximum absolute atomic E-state index is 13.3. The molecule has 1 unspecified atom stereocenters. The molecule has 0 amide bonds. The van der Waals surface area contributed by atoms with Gasteiger partial charge in [-0.15, -0.1) is 0 Å². The van der Waals surface area contributed by atoms with Crippen LogP contribution in [0.1, 0.15) is 29.2 Å². The lowest BCUT2D eigenvalue weighted by Gasteiger charge is -2.39. The Morgan fingerprint density at radius 3 is 2.36 bits per heavy atom. The van der Waals surface area contributed by atoms with Gasteiger partial charge < -0.3 is 9.47 Å². The number of esters is 1. The first-order valence-corrected chi connectivity index (χ1v) is 10.2. The monoisotopic (exact) mass is 475 g/mol. The average molecular weight is 475 g/mol. The fourth-order valence-corrected chi connectivity index (χ4v) is 3.72. The Bertz CT molecular complexity index is 983. The molecule has 1 atom stereocenters. The Kier molecular flexibility index (Phi) is 7.26. The first-order chi connectivity index (χ1) is 15.4. The largest absolute Gasteiger partial charge is 0.488 e. The minimum Gasteiger partial charge on any atom is -0.488 e. The van der Waals surface area contributed by atoms with Crippen molar-refractivity contribution in [2.45, 2.75) is 38.3 Å². The van der Waals surface area contributed by atoms with E-state index in [4.69, 9.17) is 9.47 Å². The normalized spacial score (nSPS) is 16.2. The van der Waals surface area contributed by atoms with Crippen molar-refractivity contribution in [3.8, 4) is 5.75 Å². The van der Waals surface area contributed by atoms with Gasteiger partial charge in [0.25, 0.3) is 0 Å². The Morgan fingerprint density at radius 2 is 1.76 bits per heavy atom. The van der Waals surface area contributed by atoms with E-state index in [1.165, 1.54) is 7.11 Å². The molecule has 4 nitrogen and oxygen atoms in total. The van der Waals surface area contributed by atoms with Crippen LogP contribution in [0, 0.1) is 5.92 Å². The number of hydrogen-bond donors (Lipinski definition) is 0. The summed E-state index contributed by atoms with van der Waals surface area (Å²) >= 11 is 0. The number of hydrogen-bond acceptors (Lipinski definition) is 4. The molecule has 2 aromatic carbocycles. The van der Waals surface area contributed by atoms with Crippen molar-refractivity contribution in [2.75, 3.05) is 20.2 Å². The average Bonchev–Trinajstić information content (AvgIpc) is 2.70. The summed E-state index contributed by atoms with van der Waals surface area (Å²) in [4.78, 5) is 13.2. The molecule has 1 aliphatic rings. The van der Waals surface area contributed by atoms with Crippen LogP contribution in [0.3, 0.4) is 0 Å². The van der Waals surface area contributed by atoms with Gasteiger partial charge in [0, 0.05) is 19.6 Å². The van der Waals surface area contributed by atoms with Crippen LogP contribution in [0.5, 0.6) is 5.75 Å². The summed E-state index contributed by atoms with van der Waals surface area (Å²) in [6.07, 6.45) is -9.33. The van der Waals surface area contributed by atoms with Gasteiger partial charge >= 0.3 is 18.3 Å². The lowest BCUT2D eigenvalue weighted by Crippen LogP contribution is -2.53. The molecule has 180 valence electrons. The first kappa shape index (κ1) is 24.9. The number of nitrogens with zero attached hydrogens (tertiary/aromatic N) is 1. The molecular weight excluding hydrogens is 452 g/mol. The van der Waals surface area contributed by atoms with Crippen LogP contribution in [0.15, 0.2) is 42.5 Å². The second-order valence-corrected chi connectivity index (χ2v) is 8.08. The first-order valence-electron chi connectivity index (χ1n) is 10.2. The van der Waals surface area contributed by atoms with E-state index in [0.29, 0.717) is 30.4 Å². The van der Waals surface area contributed by atoms with E-state index in [1.807, 2.05) is 6.07 Å². The number of ether oxygens (including phenoxy) is 2. The van der Waals surface area contributed by atoms with E-state index in [1.54, 1.807) is 30.0 Å². The molecule has 3 rings (SSSR count). The van der Waals surface area contributed by atoms with Crippen molar-refractivity contribution >= 4 is 5.97 Å². The molecule has 0 saturated carbocycles.